The van der Waals surface area contributed by atoms with Gasteiger partial charge in [-0.05, 0) is 12.5 Å². The van der Waals surface area contributed by atoms with Crippen LogP contribution in [0.15, 0.2) is 18.5 Å². The molecule has 0 saturated heterocycles. The molecule has 0 atom stereocenters. The van der Waals surface area contributed by atoms with Crippen molar-refractivity contribution < 1.29 is 27.2 Å². The zero-order valence-corrected chi connectivity index (χ0v) is 10.7. The molecule has 0 bridgehead atoms. The van der Waals surface area contributed by atoms with Crippen molar-refractivity contribution in [2.75, 3.05) is 33.5 Å². The predicted octanol–water partition coefficient (Wildman–Crippen LogP) is 1.57. The predicted molar refractivity (Wildman–Crippen MR) is 65.8 cm³/mol. The van der Waals surface area contributed by atoms with Crippen LogP contribution in [-0.2, 0) is 9.47 Å². The Labute approximate surface area is 109 Å². The minimum absolute atomic E-state index is 0.0946. The van der Waals surface area contributed by atoms with Crippen LogP contribution in [0.1, 0.15) is 6.42 Å². The number of rotatable bonds is 9. The van der Waals surface area contributed by atoms with Crippen molar-refractivity contribution in [1.82, 2.24) is 4.98 Å². The number of halogens is 3. The van der Waals surface area contributed by atoms with Crippen LogP contribution >= 0.6 is 0 Å². The Morgan fingerprint density at radius 1 is 1.11 bits per heavy atom. The first-order valence-corrected chi connectivity index (χ1v) is 5.88. The molecule has 1 heterocycles. The van der Waals surface area contributed by atoms with E-state index in [2.05, 4.69) is 4.98 Å². The Kier molecular flexibility index (Phi) is 6.65. The van der Waals surface area contributed by atoms with Crippen molar-refractivity contribution in [1.29, 1.82) is 0 Å². The highest BCUT2D eigenvalue weighted by atomic mass is 19.4. The molecule has 0 aromatic carbocycles. The summed E-state index contributed by atoms with van der Waals surface area (Å²) in [4.78, 5) is 3.50. The number of ether oxygens (including phenoxy) is 3. The summed E-state index contributed by atoms with van der Waals surface area (Å²) in [6.07, 6.45) is 2.80. The summed E-state index contributed by atoms with van der Waals surface area (Å²) in [5.74, 6) is 0.0946. The summed E-state index contributed by atoms with van der Waals surface area (Å²) in [6, 6.07) is 0.942. The molecule has 8 heteroatoms. The number of methoxy groups -OCH3 is 1. The monoisotopic (exact) mass is 278 g/mol. The van der Waals surface area contributed by atoms with Crippen LogP contribution in [-0.4, -0.2) is 45.5 Å². The zero-order valence-electron chi connectivity index (χ0n) is 10.7. The summed E-state index contributed by atoms with van der Waals surface area (Å²) in [5.41, 5.74) is -0.765. The standard InChI is InChI=1S/C11H16BF3NO3/c1-17-3-2-4-18-5-6-19-11-7-10(8-16-9-11)12(13,14)15/h7-9H,2-6H2,1H3/q-1. The summed E-state index contributed by atoms with van der Waals surface area (Å²) >= 11 is 0. The first-order chi connectivity index (χ1) is 9.04. The average molecular weight is 278 g/mol. The lowest BCUT2D eigenvalue weighted by Crippen LogP contribution is -2.34. The number of pyridine rings is 1. The van der Waals surface area contributed by atoms with Crippen LogP contribution in [0.3, 0.4) is 0 Å². The molecule has 4 nitrogen and oxygen atoms in total. The minimum Gasteiger partial charge on any atom is -0.490 e. The van der Waals surface area contributed by atoms with E-state index < -0.39 is 12.4 Å². The van der Waals surface area contributed by atoms with E-state index in [1.807, 2.05) is 0 Å². The van der Waals surface area contributed by atoms with E-state index in [9.17, 15) is 12.9 Å². The Balaban J connectivity index is 2.26. The smallest absolute Gasteiger partial charge is 0.490 e. The van der Waals surface area contributed by atoms with Gasteiger partial charge in [-0.2, -0.15) is 0 Å². The molecule has 1 aromatic rings. The Morgan fingerprint density at radius 3 is 2.58 bits per heavy atom. The molecule has 1 rings (SSSR count). The van der Waals surface area contributed by atoms with E-state index in [0.717, 1.165) is 18.7 Å². The van der Waals surface area contributed by atoms with Crippen molar-refractivity contribution in [3.63, 3.8) is 0 Å². The Bertz CT molecular complexity index is 376. The third-order valence-corrected chi connectivity index (χ3v) is 2.25. The molecule has 0 aliphatic rings. The molecule has 0 spiro atoms. The minimum atomic E-state index is -5.05. The van der Waals surface area contributed by atoms with Gasteiger partial charge in [0, 0.05) is 26.5 Å². The number of nitrogens with zero attached hydrogens (tertiary/aromatic N) is 1. The Morgan fingerprint density at radius 2 is 1.89 bits per heavy atom. The van der Waals surface area contributed by atoms with Crippen molar-refractivity contribution in [3.8, 4) is 5.75 Å². The van der Waals surface area contributed by atoms with Gasteiger partial charge in [0.25, 0.3) is 0 Å². The lowest BCUT2D eigenvalue weighted by molar-refractivity contribution is 0.0806. The maximum Gasteiger partial charge on any atom is 0.511 e. The summed E-state index contributed by atoms with van der Waals surface area (Å²) in [6.45, 7) is -3.41. The normalized spacial score (nSPS) is 11.6. The molecule has 0 saturated carbocycles. The lowest BCUT2D eigenvalue weighted by Gasteiger charge is -2.15. The second kappa shape index (κ2) is 8.01. The quantitative estimate of drug-likeness (QED) is 0.508. The van der Waals surface area contributed by atoms with Crippen LogP contribution in [0, 0.1) is 0 Å². The molecule has 1 aromatic heterocycles. The maximum atomic E-state index is 12.5. The van der Waals surface area contributed by atoms with E-state index in [4.69, 9.17) is 14.2 Å². The fourth-order valence-corrected chi connectivity index (χ4v) is 1.32. The SMILES string of the molecule is COCCCOCCOc1cncc([B-](F)(F)F)c1. The van der Waals surface area contributed by atoms with E-state index in [0.29, 0.717) is 19.8 Å². The van der Waals surface area contributed by atoms with Gasteiger partial charge in [0.1, 0.15) is 12.4 Å². The van der Waals surface area contributed by atoms with Crippen LogP contribution in [0.2, 0.25) is 0 Å². The number of aromatic nitrogens is 1. The second-order valence-electron chi connectivity index (χ2n) is 3.84. The average Bonchev–Trinajstić information content (AvgIpc) is 2.37. The maximum absolute atomic E-state index is 12.5. The van der Waals surface area contributed by atoms with Gasteiger partial charge < -0.3 is 27.2 Å². The third kappa shape index (κ3) is 6.44. The summed E-state index contributed by atoms with van der Waals surface area (Å²) in [7, 11) is 1.60. The summed E-state index contributed by atoms with van der Waals surface area (Å²) in [5, 5.41) is 0. The molecular weight excluding hydrogens is 262 g/mol. The number of hydrogen-bond acceptors (Lipinski definition) is 4. The van der Waals surface area contributed by atoms with Gasteiger partial charge in [-0.15, -0.1) is 0 Å². The highest BCUT2D eigenvalue weighted by Crippen LogP contribution is 2.12. The van der Waals surface area contributed by atoms with Crippen molar-refractivity contribution in [3.05, 3.63) is 18.5 Å². The fourth-order valence-electron chi connectivity index (χ4n) is 1.32. The highest BCUT2D eigenvalue weighted by molar-refractivity contribution is 6.73. The topological polar surface area (TPSA) is 40.6 Å². The van der Waals surface area contributed by atoms with Gasteiger partial charge >= 0.3 is 6.98 Å². The molecule has 0 radical (unpaired) electrons. The van der Waals surface area contributed by atoms with E-state index in [1.165, 1.54) is 6.20 Å². The van der Waals surface area contributed by atoms with E-state index in [-0.39, 0.29) is 12.4 Å². The van der Waals surface area contributed by atoms with Gasteiger partial charge in [0.15, 0.2) is 0 Å². The van der Waals surface area contributed by atoms with Gasteiger partial charge in [-0.25, -0.2) is 0 Å². The van der Waals surface area contributed by atoms with Crippen molar-refractivity contribution >= 4 is 12.4 Å². The van der Waals surface area contributed by atoms with Gasteiger partial charge in [-0.3, -0.25) is 4.98 Å². The second-order valence-corrected chi connectivity index (χ2v) is 3.84. The van der Waals surface area contributed by atoms with Gasteiger partial charge in [0.05, 0.1) is 12.8 Å². The van der Waals surface area contributed by atoms with Crippen LogP contribution in [0.4, 0.5) is 12.9 Å². The fraction of sp³-hybridized carbons (Fsp3) is 0.545. The van der Waals surface area contributed by atoms with Crippen LogP contribution in [0.5, 0.6) is 5.75 Å². The number of hydrogen-bond donors (Lipinski definition) is 0. The zero-order chi connectivity index (χ0) is 14.1. The van der Waals surface area contributed by atoms with Crippen molar-refractivity contribution in [2.24, 2.45) is 0 Å². The first kappa shape index (κ1) is 15.8. The molecule has 0 amide bonds. The molecule has 0 fully saturated rings. The first-order valence-electron chi connectivity index (χ1n) is 5.88. The van der Waals surface area contributed by atoms with Crippen LogP contribution < -0.4 is 10.2 Å². The third-order valence-electron chi connectivity index (χ3n) is 2.25. The van der Waals surface area contributed by atoms with Gasteiger partial charge in [-0.1, -0.05) is 5.46 Å². The lowest BCUT2D eigenvalue weighted by atomic mass is 9.81. The largest absolute Gasteiger partial charge is 0.511 e. The highest BCUT2D eigenvalue weighted by Gasteiger charge is 2.26. The summed E-state index contributed by atoms with van der Waals surface area (Å²) < 4.78 is 52.6. The molecule has 0 aliphatic carbocycles. The molecule has 108 valence electrons. The molecule has 19 heavy (non-hydrogen) atoms. The van der Waals surface area contributed by atoms with E-state index >= 15 is 0 Å². The van der Waals surface area contributed by atoms with E-state index in [1.54, 1.807) is 7.11 Å². The molecular formula is C11H16BF3NO3-. The Hall–Kier alpha value is -1.28. The van der Waals surface area contributed by atoms with Gasteiger partial charge in [0.2, 0.25) is 0 Å². The molecule has 0 unspecified atom stereocenters. The molecule has 0 aliphatic heterocycles. The van der Waals surface area contributed by atoms with Crippen molar-refractivity contribution in [2.45, 2.75) is 6.42 Å². The molecule has 0 N–H and O–H groups in total. The van der Waals surface area contributed by atoms with Crippen LogP contribution in [0.25, 0.3) is 0 Å².